The number of aromatic nitrogens is 1. The molecule has 0 saturated heterocycles. The second kappa shape index (κ2) is 11.9. The summed E-state index contributed by atoms with van der Waals surface area (Å²) in [5, 5.41) is 0. The molecule has 0 aliphatic rings. The topological polar surface area (TPSA) is 60.8 Å². The lowest BCUT2D eigenvalue weighted by Gasteiger charge is -2.23. The van der Waals surface area contributed by atoms with Crippen LogP contribution in [0.5, 0.6) is 5.75 Å². The highest BCUT2D eigenvalue weighted by atomic mass is 16.5. The lowest BCUT2D eigenvalue weighted by Crippen LogP contribution is -2.32. The fourth-order valence-corrected chi connectivity index (χ4v) is 3.15. The second-order valence-corrected chi connectivity index (χ2v) is 6.95. The second-order valence-electron chi connectivity index (χ2n) is 6.95. The monoisotopic (exact) mass is 400 g/mol. The zero-order valence-corrected chi connectivity index (χ0v) is 17.7. The number of amides is 1. The molecule has 0 spiro atoms. The van der Waals surface area contributed by atoms with Crippen molar-refractivity contribution in [1.82, 2.24) is 9.47 Å². The van der Waals surface area contributed by atoms with Crippen LogP contribution in [0.15, 0.2) is 42.6 Å². The molecule has 0 bridgehead atoms. The third-order valence-corrected chi connectivity index (χ3v) is 4.75. The first-order valence-electron chi connectivity index (χ1n) is 10.3. The Hall–Kier alpha value is -2.76. The highest BCUT2D eigenvalue weighted by Gasteiger charge is 2.17. The van der Waals surface area contributed by atoms with Gasteiger partial charge in [-0.15, -0.1) is 0 Å². The van der Waals surface area contributed by atoms with Crippen LogP contribution < -0.4 is 4.74 Å². The SMILES string of the molecule is CCCCN(Cc1cccn1Cc1cccc(OC)c1)C(=O)CCC(=O)OCC. The maximum atomic E-state index is 12.7. The van der Waals surface area contributed by atoms with E-state index in [9.17, 15) is 9.59 Å². The van der Waals surface area contributed by atoms with Gasteiger partial charge in [0.1, 0.15) is 5.75 Å². The number of hydrogen-bond donors (Lipinski definition) is 0. The summed E-state index contributed by atoms with van der Waals surface area (Å²) in [6.07, 6.45) is 4.27. The van der Waals surface area contributed by atoms with E-state index in [1.807, 2.05) is 41.4 Å². The number of benzene rings is 1. The van der Waals surface area contributed by atoms with Crippen molar-refractivity contribution in [3.05, 3.63) is 53.9 Å². The van der Waals surface area contributed by atoms with E-state index in [4.69, 9.17) is 9.47 Å². The largest absolute Gasteiger partial charge is 0.497 e. The minimum Gasteiger partial charge on any atom is -0.497 e. The van der Waals surface area contributed by atoms with Crippen LogP contribution in [0.4, 0.5) is 0 Å². The van der Waals surface area contributed by atoms with Gasteiger partial charge >= 0.3 is 5.97 Å². The molecule has 6 nitrogen and oxygen atoms in total. The number of hydrogen-bond acceptors (Lipinski definition) is 4. The molecule has 0 aliphatic heterocycles. The van der Waals surface area contributed by atoms with Crippen molar-refractivity contribution in [2.75, 3.05) is 20.3 Å². The molecule has 6 heteroatoms. The summed E-state index contributed by atoms with van der Waals surface area (Å²) in [6, 6.07) is 12.0. The van der Waals surface area contributed by atoms with Gasteiger partial charge in [-0.2, -0.15) is 0 Å². The summed E-state index contributed by atoms with van der Waals surface area (Å²) in [7, 11) is 1.66. The zero-order valence-electron chi connectivity index (χ0n) is 17.7. The van der Waals surface area contributed by atoms with E-state index in [2.05, 4.69) is 17.6 Å². The van der Waals surface area contributed by atoms with Gasteiger partial charge in [-0.1, -0.05) is 25.5 Å². The smallest absolute Gasteiger partial charge is 0.306 e. The van der Waals surface area contributed by atoms with E-state index in [-0.39, 0.29) is 24.7 Å². The molecule has 1 aromatic heterocycles. The Bertz CT molecular complexity index is 785. The van der Waals surface area contributed by atoms with Crippen molar-refractivity contribution in [3.8, 4) is 5.75 Å². The molecule has 0 aliphatic carbocycles. The first-order chi connectivity index (χ1) is 14.1. The van der Waals surface area contributed by atoms with Crippen LogP contribution in [0, 0.1) is 0 Å². The molecule has 0 radical (unpaired) electrons. The fourth-order valence-electron chi connectivity index (χ4n) is 3.15. The number of nitrogens with zero attached hydrogens (tertiary/aromatic N) is 2. The van der Waals surface area contributed by atoms with Gasteiger partial charge in [0.25, 0.3) is 0 Å². The Balaban J connectivity index is 2.06. The molecular weight excluding hydrogens is 368 g/mol. The third kappa shape index (κ3) is 7.29. The van der Waals surface area contributed by atoms with E-state index in [1.54, 1.807) is 14.0 Å². The standard InChI is InChI=1S/C23H32N2O4/c1-4-6-14-25(22(26)12-13-23(27)29-5-2)18-20-10-8-15-24(20)17-19-9-7-11-21(16-19)28-3/h7-11,15-16H,4-6,12-14,17-18H2,1-3H3. The Morgan fingerprint density at radius 3 is 2.66 bits per heavy atom. The van der Waals surface area contributed by atoms with Gasteiger partial charge in [0.15, 0.2) is 0 Å². The molecule has 0 unspecified atom stereocenters. The minimum absolute atomic E-state index is 0.0133. The molecule has 0 atom stereocenters. The minimum atomic E-state index is -0.322. The van der Waals surface area contributed by atoms with E-state index >= 15 is 0 Å². The molecule has 2 rings (SSSR count). The zero-order chi connectivity index (χ0) is 21.1. The Morgan fingerprint density at radius 2 is 1.93 bits per heavy atom. The lowest BCUT2D eigenvalue weighted by molar-refractivity contribution is -0.145. The molecule has 0 saturated carbocycles. The van der Waals surface area contributed by atoms with Crippen LogP contribution in [-0.4, -0.2) is 41.6 Å². The van der Waals surface area contributed by atoms with Crippen LogP contribution in [0.1, 0.15) is 50.8 Å². The molecule has 1 heterocycles. The van der Waals surface area contributed by atoms with Gasteiger partial charge in [-0.05, 0) is 43.2 Å². The number of unbranched alkanes of at least 4 members (excludes halogenated alkanes) is 1. The third-order valence-electron chi connectivity index (χ3n) is 4.75. The Kier molecular flexibility index (Phi) is 9.28. The number of methoxy groups -OCH3 is 1. The number of carbonyl (C=O) groups excluding carboxylic acids is 2. The molecule has 1 aromatic carbocycles. The van der Waals surface area contributed by atoms with Gasteiger partial charge in [-0.3, -0.25) is 9.59 Å². The van der Waals surface area contributed by atoms with Crippen molar-refractivity contribution in [2.24, 2.45) is 0 Å². The molecule has 0 fully saturated rings. The fraction of sp³-hybridized carbons (Fsp3) is 0.478. The summed E-state index contributed by atoms with van der Waals surface area (Å²) < 4.78 is 12.4. The van der Waals surface area contributed by atoms with Crippen molar-refractivity contribution in [2.45, 2.75) is 52.6 Å². The number of carbonyl (C=O) groups is 2. The molecular formula is C23H32N2O4. The highest BCUT2D eigenvalue weighted by Crippen LogP contribution is 2.16. The quantitative estimate of drug-likeness (QED) is 0.505. The Labute approximate surface area is 173 Å². The number of rotatable bonds is 12. The van der Waals surface area contributed by atoms with E-state index in [0.717, 1.165) is 29.8 Å². The van der Waals surface area contributed by atoms with Gasteiger partial charge in [0, 0.05) is 31.4 Å². The van der Waals surface area contributed by atoms with Crippen molar-refractivity contribution < 1.29 is 19.1 Å². The number of esters is 1. The van der Waals surface area contributed by atoms with Gasteiger partial charge in [0.2, 0.25) is 5.91 Å². The summed E-state index contributed by atoms with van der Waals surface area (Å²) in [5.41, 5.74) is 2.20. The van der Waals surface area contributed by atoms with Crippen molar-refractivity contribution in [1.29, 1.82) is 0 Å². The maximum Gasteiger partial charge on any atom is 0.306 e. The summed E-state index contributed by atoms with van der Waals surface area (Å²) in [5.74, 6) is 0.494. The van der Waals surface area contributed by atoms with E-state index < -0.39 is 0 Å². The highest BCUT2D eigenvalue weighted by molar-refractivity contribution is 5.81. The van der Waals surface area contributed by atoms with Gasteiger partial charge in [0.05, 0.1) is 26.7 Å². The van der Waals surface area contributed by atoms with Crippen LogP contribution >= 0.6 is 0 Å². The summed E-state index contributed by atoms with van der Waals surface area (Å²) >= 11 is 0. The van der Waals surface area contributed by atoms with Gasteiger partial charge < -0.3 is 18.9 Å². The van der Waals surface area contributed by atoms with Crippen molar-refractivity contribution in [3.63, 3.8) is 0 Å². The maximum absolute atomic E-state index is 12.7. The molecule has 2 aromatic rings. The molecule has 0 N–H and O–H groups in total. The summed E-state index contributed by atoms with van der Waals surface area (Å²) in [4.78, 5) is 26.2. The summed E-state index contributed by atoms with van der Waals surface area (Å²) in [6.45, 7) is 6.13. The van der Waals surface area contributed by atoms with E-state index in [1.165, 1.54) is 0 Å². The molecule has 29 heavy (non-hydrogen) atoms. The lowest BCUT2D eigenvalue weighted by atomic mass is 10.2. The predicted octanol–water partition coefficient (Wildman–Crippen LogP) is 4.02. The first kappa shape index (κ1) is 22.5. The Morgan fingerprint density at radius 1 is 1.10 bits per heavy atom. The van der Waals surface area contributed by atoms with Gasteiger partial charge in [-0.25, -0.2) is 0 Å². The van der Waals surface area contributed by atoms with Crippen molar-refractivity contribution >= 4 is 11.9 Å². The van der Waals surface area contributed by atoms with Crippen LogP contribution in [0.2, 0.25) is 0 Å². The normalized spacial score (nSPS) is 10.6. The van der Waals surface area contributed by atoms with Crippen LogP contribution in [0.3, 0.4) is 0 Å². The molecule has 1 amide bonds. The number of ether oxygens (including phenoxy) is 2. The van der Waals surface area contributed by atoms with E-state index in [0.29, 0.717) is 26.2 Å². The van der Waals surface area contributed by atoms with Crippen LogP contribution in [0.25, 0.3) is 0 Å². The first-order valence-corrected chi connectivity index (χ1v) is 10.3. The van der Waals surface area contributed by atoms with Crippen LogP contribution in [-0.2, 0) is 27.4 Å². The average Bonchev–Trinajstić information content (AvgIpc) is 3.16. The predicted molar refractivity (Wildman–Crippen MR) is 113 cm³/mol. The average molecular weight is 401 g/mol. The molecule has 158 valence electrons.